The molecular weight excluding hydrogens is 456 g/mol. The number of hydrogen-bond donors (Lipinski definition) is 1. The van der Waals surface area contributed by atoms with Crippen molar-refractivity contribution in [2.75, 3.05) is 14.2 Å². The number of carbonyl (C=O) groups is 1. The van der Waals surface area contributed by atoms with E-state index in [2.05, 4.69) is 37.9 Å². The van der Waals surface area contributed by atoms with Gasteiger partial charge in [-0.2, -0.15) is 0 Å². The van der Waals surface area contributed by atoms with Crippen LogP contribution in [0.25, 0.3) is 28.2 Å². The average Bonchev–Trinajstić information content (AvgIpc) is 3.22. The van der Waals surface area contributed by atoms with Crippen LogP contribution in [0.4, 0.5) is 0 Å². The fourth-order valence-corrected chi connectivity index (χ4v) is 4.71. The van der Waals surface area contributed by atoms with Crippen LogP contribution in [0, 0.1) is 0 Å². The summed E-state index contributed by atoms with van der Waals surface area (Å²) in [6.07, 6.45) is 3.05. The SMILES string of the molecule is CNC(=O)c1c(-c2ccc(OC)cc2)c2c3n(c(-c4ccc(Br)cc4)nn13)CCCC2. The van der Waals surface area contributed by atoms with E-state index < -0.39 is 0 Å². The molecule has 0 atom stereocenters. The van der Waals surface area contributed by atoms with Gasteiger partial charge in [0.2, 0.25) is 0 Å². The van der Waals surface area contributed by atoms with E-state index >= 15 is 0 Å². The molecule has 2 aromatic carbocycles. The van der Waals surface area contributed by atoms with Crippen LogP contribution in [-0.2, 0) is 13.0 Å². The van der Waals surface area contributed by atoms with Gasteiger partial charge in [0.1, 0.15) is 17.1 Å². The van der Waals surface area contributed by atoms with Crippen LogP contribution in [-0.4, -0.2) is 34.2 Å². The lowest BCUT2D eigenvalue weighted by atomic mass is 9.97. The normalized spacial score (nSPS) is 13.3. The van der Waals surface area contributed by atoms with Crippen molar-refractivity contribution in [2.24, 2.45) is 0 Å². The van der Waals surface area contributed by atoms with E-state index in [1.165, 1.54) is 5.56 Å². The van der Waals surface area contributed by atoms with Crippen molar-refractivity contribution >= 4 is 27.5 Å². The smallest absolute Gasteiger partial charge is 0.270 e. The molecule has 3 heterocycles. The van der Waals surface area contributed by atoms with Gasteiger partial charge < -0.3 is 14.6 Å². The van der Waals surface area contributed by atoms with E-state index in [0.29, 0.717) is 5.69 Å². The minimum absolute atomic E-state index is 0.139. The molecular formula is C24H23BrN4O2. The average molecular weight is 479 g/mol. The van der Waals surface area contributed by atoms with E-state index in [-0.39, 0.29) is 5.91 Å². The first kappa shape index (κ1) is 19.9. The molecule has 2 aromatic heterocycles. The van der Waals surface area contributed by atoms with Crippen molar-refractivity contribution in [3.8, 4) is 28.3 Å². The summed E-state index contributed by atoms with van der Waals surface area (Å²) in [5, 5.41) is 7.77. The van der Waals surface area contributed by atoms with Crippen molar-refractivity contribution < 1.29 is 9.53 Å². The van der Waals surface area contributed by atoms with Crippen molar-refractivity contribution in [1.29, 1.82) is 0 Å². The van der Waals surface area contributed by atoms with Crippen LogP contribution < -0.4 is 10.1 Å². The third-order valence-electron chi connectivity index (χ3n) is 5.91. The van der Waals surface area contributed by atoms with Gasteiger partial charge in [0, 0.05) is 34.8 Å². The Kier molecular flexibility index (Phi) is 5.06. The maximum absolute atomic E-state index is 13.1. The minimum Gasteiger partial charge on any atom is -0.497 e. The first-order chi connectivity index (χ1) is 15.1. The zero-order valence-electron chi connectivity index (χ0n) is 17.5. The number of halogens is 1. The number of carbonyl (C=O) groups excluding carboxylic acids is 1. The van der Waals surface area contributed by atoms with Crippen LogP contribution in [0.15, 0.2) is 53.0 Å². The van der Waals surface area contributed by atoms with Crippen LogP contribution in [0.1, 0.15) is 28.9 Å². The van der Waals surface area contributed by atoms with Gasteiger partial charge in [-0.1, -0.05) is 40.2 Å². The maximum atomic E-state index is 13.1. The molecule has 0 bridgehead atoms. The van der Waals surface area contributed by atoms with E-state index in [9.17, 15) is 4.79 Å². The summed E-state index contributed by atoms with van der Waals surface area (Å²) >= 11 is 3.51. The zero-order valence-corrected chi connectivity index (χ0v) is 19.1. The van der Waals surface area contributed by atoms with E-state index in [4.69, 9.17) is 9.84 Å². The third kappa shape index (κ3) is 3.24. The number of benzene rings is 2. The molecule has 1 aliphatic rings. The second kappa shape index (κ2) is 7.89. The monoisotopic (exact) mass is 478 g/mol. The maximum Gasteiger partial charge on any atom is 0.270 e. The predicted octanol–water partition coefficient (Wildman–Crippen LogP) is 4.94. The highest BCUT2D eigenvalue weighted by atomic mass is 79.9. The van der Waals surface area contributed by atoms with Crippen molar-refractivity contribution in [1.82, 2.24) is 19.5 Å². The molecule has 0 saturated heterocycles. The van der Waals surface area contributed by atoms with Crippen molar-refractivity contribution in [2.45, 2.75) is 25.8 Å². The van der Waals surface area contributed by atoms with Gasteiger partial charge in [-0.15, -0.1) is 5.10 Å². The molecule has 0 spiro atoms. The summed E-state index contributed by atoms with van der Waals surface area (Å²) in [6, 6.07) is 16.1. The van der Waals surface area contributed by atoms with Gasteiger partial charge in [0.15, 0.2) is 5.82 Å². The van der Waals surface area contributed by atoms with E-state index in [1.54, 1.807) is 14.2 Å². The quantitative estimate of drug-likeness (QED) is 0.451. The third-order valence-corrected chi connectivity index (χ3v) is 6.44. The molecule has 6 nitrogen and oxygen atoms in total. The van der Waals surface area contributed by atoms with Crippen LogP contribution >= 0.6 is 15.9 Å². The lowest BCUT2D eigenvalue weighted by molar-refractivity contribution is 0.0957. The Morgan fingerprint density at radius 1 is 1.06 bits per heavy atom. The Balaban J connectivity index is 1.81. The number of amides is 1. The Bertz CT molecular complexity index is 1270. The summed E-state index contributed by atoms with van der Waals surface area (Å²) in [5.74, 6) is 1.54. The number of methoxy groups -OCH3 is 1. The minimum atomic E-state index is -0.139. The lowest BCUT2D eigenvalue weighted by Crippen LogP contribution is -2.21. The molecule has 5 rings (SSSR count). The standard InChI is InChI=1S/C24H23BrN4O2/c1-26-23(30)21-20(15-8-12-18(31-2)13-9-15)19-5-3-4-14-28-22(27-29(21)24(19)28)16-6-10-17(25)11-7-16/h6-13H,3-5,14H2,1-2H3,(H,26,30). The van der Waals surface area contributed by atoms with Crippen LogP contribution in [0.2, 0.25) is 0 Å². The molecule has 158 valence electrons. The number of hydrogen-bond acceptors (Lipinski definition) is 3. The Morgan fingerprint density at radius 3 is 2.45 bits per heavy atom. The molecule has 0 radical (unpaired) electrons. The van der Waals surface area contributed by atoms with Gasteiger partial charge in [-0.25, -0.2) is 4.52 Å². The number of nitrogens with zero attached hydrogens (tertiary/aromatic N) is 3. The summed E-state index contributed by atoms with van der Waals surface area (Å²) in [4.78, 5) is 13.1. The number of aromatic nitrogens is 3. The molecule has 0 fully saturated rings. The highest BCUT2D eigenvalue weighted by Gasteiger charge is 2.30. The van der Waals surface area contributed by atoms with Crippen molar-refractivity contribution in [3.63, 3.8) is 0 Å². The number of ether oxygens (including phenoxy) is 1. The topological polar surface area (TPSA) is 60.6 Å². The first-order valence-corrected chi connectivity index (χ1v) is 11.2. The van der Waals surface area contributed by atoms with Gasteiger partial charge in [-0.3, -0.25) is 4.79 Å². The second-order valence-electron chi connectivity index (χ2n) is 7.68. The molecule has 0 aliphatic carbocycles. The predicted molar refractivity (Wildman–Crippen MR) is 125 cm³/mol. The van der Waals surface area contributed by atoms with Crippen molar-refractivity contribution in [3.05, 3.63) is 64.3 Å². The highest BCUT2D eigenvalue weighted by Crippen LogP contribution is 2.38. The fraction of sp³-hybridized carbons (Fsp3) is 0.250. The molecule has 7 heteroatoms. The van der Waals surface area contributed by atoms with E-state index in [1.807, 2.05) is 40.9 Å². The van der Waals surface area contributed by atoms with Gasteiger partial charge in [0.05, 0.1) is 7.11 Å². The molecule has 1 N–H and O–H groups in total. The van der Waals surface area contributed by atoms with Gasteiger partial charge in [0.25, 0.3) is 5.91 Å². The highest BCUT2D eigenvalue weighted by molar-refractivity contribution is 9.10. The lowest BCUT2D eigenvalue weighted by Gasteiger charge is -2.09. The molecule has 31 heavy (non-hydrogen) atoms. The number of nitrogens with one attached hydrogen (secondary N) is 1. The molecule has 0 saturated carbocycles. The molecule has 4 aromatic rings. The van der Waals surface area contributed by atoms with Crippen LogP contribution in [0.5, 0.6) is 5.75 Å². The van der Waals surface area contributed by atoms with Gasteiger partial charge in [-0.05, 0) is 49.1 Å². The summed E-state index contributed by atoms with van der Waals surface area (Å²) in [6.45, 7) is 0.876. The molecule has 0 unspecified atom stereocenters. The number of rotatable bonds is 4. The summed E-state index contributed by atoms with van der Waals surface area (Å²) in [7, 11) is 3.32. The molecule has 1 aliphatic heterocycles. The largest absolute Gasteiger partial charge is 0.497 e. The zero-order chi connectivity index (χ0) is 21.5. The fourth-order valence-electron chi connectivity index (χ4n) is 4.45. The summed E-state index contributed by atoms with van der Waals surface area (Å²) in [5.41, 5.74) is 5.77. The van der Waals surface area contributed by atoms with Gasteiger partial charge >= 0.3 is 0 Å². The Morgan fingerprint density at radius 2 is 1.77 bits per heavy atom. The number of aryl methyl sites for hydroxylation is 2. The van der Waals surface area contributed by atoms with Crippen LogP contribution in [0.3, 0.4) is 0 Å². The Hall–Kier alpha value is -3.06. The Labute approximate surface area is 189 Å². The second-order valence-corrected chi connectivity index (χ2v) is 8.60. The van der Waals surface area contributed by atoms with E-state index in [0.717, 1.165) is 64.2 Å². The molecule has 1 amide bonds. The first-order valence-electron chi connectivity index (χ1n) is 10.4. The summed E-state index contributed by atoms with van der Waals surface area (Å²) < 4.78 is 10.5.